The van der Waals surface area contributed by atoms with Crippen molar-refractivity contribution in [2.75, 3.05) is 19.6 Å². The molecule has 1 fully saturated rings. The van der Waals surface area contributed by atoms with Crippen molar-refractivity contribution >= 4 is 22.5 Å². The Hall–Kier alpha value is -1.91. The number of rotatable bonds is 5. The van der Waals surface area contributed by atoms with Gasteiger partial charge < -0.3 is 4.90 Å². The van der Waals surface area contributed by atoms with Crippen LogP contribution in [0.15, 0.2) is 42.7 Å². The minimum absolute atomic E-state index is 0.520. The van der Waals surface area contributed by atoms with Crippen LogP contribution in [0.1, 0.15) is 44.2 Å². The zero-order chi connectivity index (χ0) is 17.9. The lowest BCUT2D eigenvalue weighted by atomic mass is 9.92. The number of nitrogens with zero attached hydrogens (tertiary/aromatic N) is 4. The van der Waals surface area contributed by atoms with Gasteiger partial charge in [-0.2, -0.15) is 5.10 Å². The zero-order valence-electron chi connectivity index (χ0n) is 15.2. The van der Waals surface area contributed by atoms with Gasteiger partial charge in [0.25, 0.3) is 0 Å². The van der Waals surface area contributed by atoms with Crippen LogP contribution in [-0.4, -0.2) is 39.3 Å². The molecule has 5 heteroatoms. The lowest BCUT2D eigenvalue weighted by Crippen LogP contribution is -2.33. The summed E-state index contributed by atoms with van der Waals surface area (Å²) in [6.07, 6.45) is 8.71. The number of hydrogen-bond donors (Lipinski definition) is 0. The van der Waals surface area contributed by atoms with Gasteiger partial charge in [0.1, 0.15) is 0 Å². The van der Waals surface area contributed by atoms with E-state index in [-0.39, 0.29) is 0 Å². The summed E-state index contributed by atoms with van der Waals surface area (Å²) in [6.45, 7) is 5.83. The van der Waals surface area contributed by atoms with Crippen LogP contribution in [0.4, 0.5) is 0 Å². The SMILES string of the molecule is CCCCN1CCC(c2nn(-c3ccc(Cl)cc3)c3cnccc23)CC1. The molecule has 136 valence electrons. The summed E-state index contributed by atoms with van der Waals surface area (Å²) in [5.74, 6) is 0.520. The van der Waals surface area contributed by atoms with Gasteiger partial charge in [-0.15, -0.1) is 0 Å². The number of piperidine rings is 1. The quantitative estimate of drug-likeness (QED) is 0.631. The van der Waals surface area contributed by atoms with Gasteiger partial charge in [-0.1, -0.05) is 24.9 Å². The van der Waals surface area contributed by atoms with Gasteiger partial charge in [-0.25, -0.2) is 4.68 Å². The highest BCUT2D eigenvalue weighted by Gasteiger charge is 2.25. The van der Waals surface area contributed by atoms with Gasteiger partial charge in [-0.3, -0.25) is 4.98 Å². The normalized spacial score (nSPS) is 16.4. The fourth-order valence-corrected chi connectivity index (χ4v) is 4.01. The van der Waals surface area contributed by atoms with Crippen molar-refractivity contribution in [3.05, 3.63) is 53.4 Å². The first-order chi connectivity index (χ1) is 12.8. The third-order valence-corrected chi connectivity index (χ3v) is 5.64. The average molecular weight is 369 g/mol. The Kier molecular flexibility index (Phi) is 5.23. The second kappa shape index (κ2) is 7.77. The Morgan fingerprint density at radius 2 is 1.88 bits per heavy atom. The van der Waals surface area contributed by atoms with Crippen molar-refractivity contribution in [3.63, 3.8) is 0 Å². The molecule has 4 rings (SSSR count). The summed E-state index contributed by atoms with van der Waals surface area (Å²) in [7, 11) is 0. The third kappa shape index (κ3) is 3.49. The molecule has 1 aliphatic heterocycles. The number of hydrogen-bond acceptors (Lipinski definition) is 3. The van der Waals surface area contributed by atoms with Crippen LogP contribution in [0.25, 0.3) is 16.6 Å². The van der Waals surface area contributed by atoms with Crippen molar-refractivity contribution in [3.8, 4) is 5.69 Å². The summed E-state index contributed by atoms with van der Waals surface area (Å²) in [6, 6.07) is 9.95. The molecule has 26 heavy (non-hydrogen) atoms. The number of halogens is 1. The Labute approximate surface area is 159 Å². The number of unbranched alkanes of at least 4 members (excludes halogenated alkanes) is 1. The topological polar surface area (TPSA) is 34.0 Å². The standard InChI is InChI=1S/C21H25ClN4/c1-2-3-12-25-13-9-16(10-14-25)21-19-8-11-23-15-20(19)26(24-21)18-6-4-17(22)5-7-18/h4-8,11,15-16H,2-3,9-10,12-14H2,1H3. The maximum Gasteiger partial charge on any atom is 0.0927 e. The lowest BCUT2D eigenvalue weighted by molar-refractivity contribution is 0.208. The summed E-state index contributed by atoms with van der Waals surface area (Å²) in [5, 5.41) is 6.98. The van der Waals surface area contributed by atoms with Crippen LogP contribution in [-0.2, 0) is 0 Å². The molecule has 1 saturated heterocycles. The van der Waals surface area contributed by atoms with Crippen molar-refractivity contribution in [2.24, 2.45) is 0 Å². The van der Waals surface area contributed by atoms with E-state index < -0.39 is 0 Å². The maximum absolute atomic E-state index is 6.05. The molecular formula is C21H25ClN4. The smallest absolute Gasteiger partial charge is 0.0927 e. The van der Waals surface area contributed by atoms with Crippen LogP contribution in [0.3, 0.4) is 0 Å². The highest BCUT2D eigenvalue weighted by atomic mass is 35.5. The van der Waals surface area contributed by atoms with Gasteiger partial charge in [0.05, 0.1) is 23.1 Å². The average Bonchev–Trinajstić information content (AvgIpc) is 3.07. The zero-order valence-corrected chi connectivity index (χ0v) is 16.0. The molecule has 0 bridgehead atoms. The van der Waals surface area contributed by atoms with E-state index in [1.165, 1.54) is 56.4 Å². The van der Waals surface area contributed by atoms with Gasteiger partial charge in [-0.05, 0) is 69.2 Å². The Balaban J connectivity index is 1.63. The second-order valence-corrected chi connectivity index (χ2v) is 7.57. The summed E-state index contributed by atoms with van der Waals surface area (Å²) >= 11 is 6.05. The summed E-state index contributed by atoms with van der Waals surface area (Å²) in [4.78, 5) is 6.92. The fraction of sp³-hybridized carbons (Fsp3) is 0.429. The Morgan fingerprint density at radius 1 is 1.12 bits per heavy atom. The molecule has 3 heterocycles. The number of pyridine rings is 1. The van der Waals surface area contributed by atoms with Gasteiger partial charge in [0.15, 0.2) is 0 Å². The molecule has 1 aliphatic rings. The Morgan fingerprint density at radius 3 is 2.62 bits per heavy atom. The first-order valence-electron chi connectivity index (χ1n) is 9.57. The monoisotopic (exact) mass is 368 g/mol. The summed E-state index contributed by atoms with van der Waals surface area (Å²) in [5.41, 5.74) is 3.31. The fourth-order valence-electron chi connectivity index (χ4n) is 3.88. The second-order valence-electron chi connectivity index (χ2n) is 7.14. The van der Waals surface area contributed by atoms with Crippen molar-refractivity contribution in [1.82, 2.24) is 19.7 Å². The van der Waals surface area contributed by atoms with Crippen molar-refractivity contribution < 1.29 is 0 Å². The minimum Gasteiger partial charge on any atom is -0.303 e. The Bertz CT molecular complexity index is 863. The van der Waals surface area contributed by atoms with E-state index in [4.69, 9.17) is 16.7 Å². The van der Waals surface area contributed by atoms with E-state index in [0.717, 1.165) is 16.2 Å². The van der Waals surface area contributed by atoms with Crippen molar-refractivity contribution in [2.45, 2.75) is 38.5 Å². The van der Waals surface area contributed by atoms with Gasteiger partial charge in [0.2, 0.25) is 0 Å². The molecule has 0 N–H and O–H groups in total. The first-order valence-corrected chi connectivity index (χ1v) is 9.95. The molecule has 0 saturated carbocycles. The molecule has 3 aromatic rings. The predicted octanol–water partition coefficient (Wildman–Crippen LogP) is 5.05. The maximum atomic E-state index is 6.05. The van der Waals surface area contributed by atoms with Gasteiger partial charge >= 0.3 is 0 Å². The predicted molar refractivity (Wildman–Crippen MR) is 107 cm³/mol. The van der Waals surface area contributed by atoms with Crippen LogP contribution in [0, 0.1) is 0 Å². The number of benzene rings is 1. The molecule has 4 nitrogen and oxygen atoms in total. The number of aromatic nitrogens is 3. The molecule has 0 atom stereocenters. The molecule has 0 unspecified atom stereocenters. The van der Waals surface area contributed by atoms with E-state index in [9.17, 15) is 0 Å². The largest absolute Gasteiger partial charge is 0.303 e. The molecule has 1 aromatic carbocycles. The molecule has 0 radical (unpaired) electrons. The molecule has 2 aromatic heterocycles. The van der Waals surface area contributed by atoms with Crippen molar-refractivity contribution in [1.29, 1.82) is 0 Å². The van der Waals surface area contributed by atoms with Crippen LogP contribution in [0.2, 0.25) is 5.02 Å². The van der Waals surface area contributed by atoms with Gasteiger partial charge in [0, 0.05) is 22.5 Å². The number of fused-ring (bicyclic) bond motifs is 1. The minimum atomic E-state index is 0.520. The van der Waals surface area contributed by atoms with Crippen LogP contribution in [0.5, 0.6) is 0 Å². The first kappa shape index (κ1) is 17.5. The summed E-state index contributed by atoms with van der Waals surface area (Å²) < 4.78 is 2.01. The van der Waals surface area contributed by atoms with E-state index in [2.05, 4.69) is 22.9 Å². The molecule has 0 amide bonds. The van der Waals surface area contributed by atoms with E-state index in [1.54, 1.807) is 0 Å². The van der Waals surface area contributed by atoms with E-state index in [0.29, 0.717) is 5.92 Å². The van der Waals surface area contributed by atoms with Crippen LogP contribution >= 0.6 is 11.6 Å². The third-order valence-electron chi connectivity index (χ3n) is 5.39. The van der Waals surface area contributed by atoms with E-state index >= 15 is 0 Å². The molecular weight excluding hydrogens is 344 g/mol. The van der Waals surface area contributed by atoms with Crippen LogP contribution < -0.4 is 0 Å². The molecule has 0 aliphatic carbocycles. The number of likely N-dealkylation sites (tertiary alicyclic amines) is 1. The van der Waals surface area contributed by atoms with E-state index in [1.807, 2.05) is 41.3 Å². The molecule has 0 spiro atoms. The highest BCUT2D eigenvalue weighted by Crippen LogP contribution is 2.33. The lowest BCUT2D eigenvalue weighted by Gasteiger charge is -2.31. The highest BCUT2D eigenvalue weighted by molar-refractivity contribution is 6.30.